The Bertz CT molecular complexity index is 1220. The Kier molecular flexibility index (Phi) is 7.16. The van der Waals surface area contributed by atoms with E-state index in [1.807, 2.05) is 24.0 Å². The zero-order valence-electron chi connectivity index (χ0n) is 19.5. The van der Waals surface area contributed by atoms with Gasteiger partial charge in [0.1, 0.15) is 5.71 Å². The van der Waals surface area contributed by atoms with Crippen LogP contribution in [0, 0.1) is 5.41 Å². The van der Waals surface area contributed by atoms with Crippen molar-refractivity contribution in [2.75, 3.05) is 24.1 Å². The number of nitrogen functional groups attached to an aromatic ring is 1. The smallest absolute Gasteiger partial charge is 0.274 e. The van der Waals surface area contributed by atoms with Gasteiger partial charge in [-0.05, 0) is 47.9 Å². The van der Waals surface area contributed by atoms with E-state index >= 15 is 0 Å². The van der Waals surface area contributed by atoms with Crippen LogP contribution in [0.4, 0.5) is 20.2 Å². The van der Waals surface area contributed by atoms with Gasteiger partial charge in [-0.3, -0.25) is 25.1 Å². The van der Waals surface area contributed by atoms with Crippen molar-refractivity contribution in [3.8, 4) is 11.1 Å². The van der Waals surface area contributed by atoms with Crippen LogP contribution in [0.2, 0.25) is 0 Å². The van der Waals surface area contributed by atoms with Crippen LogP contribution in [0.3, 0.4) is 0 Å². The molecule has 7 nitrogen and oxygen atoms in total. The van der Waals surface area contributed by atoms with Gasteiger partial charge in [-0.25, -0.2) is 8.78 Å². The number of nitrogens with one attached hydrogen (secondary N) is 2. The van der Waals surface area contributed by atoms with Crippen LogP contribution in [0.5, 0.6) is 0 Å². The molecule has 1 saturated heterocycles. The predicted molar refractivity (Wildman–Crippen MR) is 133 cm³/mol. The van der Waals surface area contributed by atoms with E-state index in [4.69, 9.17) is 11.1 Å². The number of pyridine rings is 2. The normalized spacial score (nSPS) is 15.5. The van der Waals surface area contributed by atoms with Gasteiger partial charge in [0.15, 0.2) is 0 Å². The number of piperidine rings is 1. The fourth-order valence-corrected chi connectivity index (χ4v) is 4.00. The molecule has 3 aromatic rings. The van der Waals surface area contributed by atoms with Crippen LogP contribution in [0.25, 0.3) is 11.1 Å². The second-order valence-corrected chi connectivity index (χ2v) is 8.74. The third-order valence-electron chi connectivity index (χ3n) is 6.12. The van der Waals surface area contributed by atoms with Crippen LogP contribution < -0.4 is 11.1 Å². The van der Waals surface area contributed by atoms with Gasteiger partial charge in [0, 0.05) is 67.4 Å². The van der Waals surface area contributed by atoms with Crippen molar-refractivity contribution in [2.24, 2.45) is 0 Å². The van der Waals surface area contributed by atoms with E-state index in [0.29, 0.717) is 36.6 Å². The maximum Gasteiger partial charge on any atom is 0.274 e. The van der Waals surface area contributed by atoms with E-state index in [1.54, 1.807) is 42.9 Å². The van der Waals surface area contributed by atoms with Crippen LogP contribution in [0.1, 0.15) is 36.6 Å². The van der Waals surface area contributed by atoms with E-state index in [1.165, 1.54) is 0 Å². The second-order valence-electron chi connectivity index (χ2n) is 8.74. The molecule has 9 heteroatoms. The molecule has 0 spiro atoms. The Hall–Kier alpha value is -3.72. The van der Waals surface area contributed by atoms with Crippen LogP contribution in [0.15, 0.2) is 55.0 Å². The van der Waals surface area contributed by atoms with E-state index in [0.717, 1.165) is 28.8 Å². The first kappa shape index (κ1) is 24.4. The molecule has 0 radical (unpaired) electrons. The Morgan fingerprint density at radius 2 is 1.89 bits per heavy atom. The highest BCUT2D eigenvalue weighted by Crippen LogP contribution is 2.29. The first-order valence-corrected chi connectivity index (χ1v) is 11.5. The number of anilines is 2. The molecule has 1 fully saturated rings. The van der Waals surface area contributed by atoms with Gasteiger partial charge >= 0.3 is 0 Å². The van der Waals surface area contributed by atoms with Crippen molar-refractivity contribution in [3.63, 3.8) is 0 Å². The van der Waals surface area contributed by atoms with Crippen LogP contribution in [-0.4, -0.2) is 45.5 Å². The monoisotopic (exact) mass is 478 g/mol. The number of halogens is 2. The summed E-state index contributed by atoms with van der Waals surface area (Å²) >= 11 is 0. The number of carbonyl (C=O) groups excluding carboxylic acids is 1. The summed E-state index contributed by atoms with van der Waals surface area (Å²) in [5, 5.41) is 11.1. The number of nitrogens with zero attached hydrogens (tertiary/aromatic N) is 3. The van der Waals surface area contributed by atoms with Gasteiger partial charge in [-0.1, -0.05) is 13.0 Å². The highest BCUT2D eigenvalue weighted by molar-refractivity contribution is 6.48. The molecule has 4 rings (SSSR count). The summed E-state index contributed by atoms with van der Waals surface area (Å²) in [7, 11) is 0. The third-order valence-corrected chi connectivity index (χ3v) is 6.12. The van der Waals surface area contributed by atoms with E-state index in [9.17, 15) is 13.6 Å². The lowest BCUT2D eigenvalue weighted by molar-refractivity contribution is -0.110. The maximum absolute atomic E-state index is 13.4. The minimum Gasteiger partial charge on any atom is -0.398 e. The standard InChI is InChI=1S/C26H28F2N6O/c1-2-20-4-5-21(15-32-20)33-25(35)24(30)22-12-18(3-6-23(22)29)19-11-17(13-31-14-19)16-34-9-7-26(27,28)8-10-34/h3-6,11-15,30H,2,7-10,16,29H2,1H3,(H,33,35). The molecule has 1 aromatic carbocycles. The first-order chi connectivity index (χ1) is 16.7. The number of alkyl halides is 2. The number of carbonyl (C=O) groups is 1. The number of nitrogens with two attached hydrogens (primary N) is 1. The Morgan fingerprint density at radius 1 is 1.11 bits per heavy atom. The van der Waals surface area contributed by atoms with Crippen molar-refractivity contribution in [3.05, 3.63) is 71.8 Å². The highest BCUT2D eigenvalue weighted by Gasteiger charge is 2.33. The molecule has 4 N–H and O–H groups in total. The minimum atomic E-state index is -2.58. The number of likely N-dealkylation sites (tertiary alicyclic amines) is 1. The molecular formula is C26H28F2N6O. The van der Waals surface area contributed by atoms with Gasteiger partial charge in [0.05, 0.1) is 11.9 Å². The SMILES string of the molecule is CCc1ccc(NC(=O)C(=N)c2cc(-c3cncc(CN4CCC(F)(F)CC4)c3)ccc2N)cn1. The summed E-state index contributed by atoms with van der Waals surface area (Å²) in [5.41, 5.74) is 10.3. The Labute approximate surface area is 202 Å². The minimum absolute atomic E-state index is 0.134. The summed E-state index contributed by atoms with van der Waals surface area (Å²) < 4.78 is 26.9. The number of amides is 1. The zero-order valence-corrected chi connectivity index (χ0v) is 19.5. The van der Waals surface area contributed by atoms with Gasteiger partial charge in [0.25, 0.3) is 11.8 Å². The molecule has 0 bridgehead atoms. The molecule has 182 valence electrons. The van der Waals surface area contributed by atoms with Gasteiger partial charge in [-0.2, -0.15) is 0 Å². The summed E-state index contributed by atoms with van der Waals surface area (Å²) in [6, 6.07) is 10.7. The van der Waals surface area contributed by atoms with Crippen LogP contribution in [-0.2, 0) is 17.8 Å². The summed E-state index contributed by atoms with van der Waals surface area (Å²) in [6.07, 6.45) is 5.49. The third kappa shape index (κ3) is 6.05. The first-order valence-electron chi connectivity index (χ1n) is 11.5. The molecule has 0 unspecified atom stereocenters. The fourth-order valence-electron chi connectivity index (χ4n) is 4.00. The van der Waals surface area contributed by atoms with E-state index in [-0.39, 0.29) is 18.6 Å². The number of aryl methyl sites for hydroxylation is 1. The molecule has 1 aliphatic rings. The molecule has 2 aromatic heterocycles. The molecule has 0 saturated carbocycles. The second kappa shape index (κ2) is 10.3. The predicted octanol–water partition coefficient (Wildman–Crippen LogP) is 4.53. The van der Waals surface area contributed by atoms with Gasteiger partial charge in [0.2, 0.25) is 0 Å². The number of hydrogen-bond donors (Lipinski definition) is 3. The van der Waals surface area contributed by atoms with Gasteiger partial charge < -0.3 is 11.1 Å². The van der Waals surface area contributed by atoms with Crippen molar-refractivity contribution in [1.29, 1.82) is 5.41 Å². The molecular weight excluding hydrogens is 450 g/mol. The molecule has 3 heterocycles. The van der Waals surface area contributed by atoms with Crippen molar-refractivity contribution < 1.29 is 13.6 Å². The van der Waals surface area contributed by atoms with Gasteiger partial charge in [-0.15, -0.1) is 0 Å². The topological polar surface area (TPSA) is 108 Å². The lowest BCUT2D eigenvalue weighted by Crippen LogP contribution is -2.38. The Morgan fingerprint density at radius 3 is 2.57 bits per heavy atom. The van der Waals surface area contributed by atoms with E-state index < -0.39 is 11.8 Å². The van der Waals surface area contributed by atoms with E-state index in [2.05, 4.69) is 15.3 Å². The highest BCUT2D eigenvalue weighted by atomic mass is 19.3. The molecule has 35 heavy (non-hydrogen) atoms. The molecule has 0 aliphatic carbocycles. The summed E-state index contributed by atoms with van der Waals surface area (Å²) in [6.45, 7) is 3.20. The number of rotatable bonds is 7. The average Bonchev–Trinajstić information content (AvgIpc) is 2.86. The number of aromatic nitrogens is 2. The zero-order chi connectivity index (χ0) is 25.0. The largest absolute Gasteiger partial charge is 0.398 e. The molecule has 1 aliphatic heterocycles. The van der Waals surface area contributed by atoms with Crippen molar-refractivity contribution in [1.82, 2.24) is 14.9 Å². The number of hydrogen-bond acceptors (Lipinski definition) is 6. The fraction of sp³-hybridized carbons (Fsp3) is 0.308. The van der Waals surface area contributed by atoms with Crippen LogP contribution >= 0.6 is 0 Å². The molecule has 0 atom stereocenters. The molecule has 1 amide bonds. The lowest BCUT2D eigenvalue weighted by atomic mass is 9.99. The van der Waals surface area contributed by atoms with Crippen molar-refractivity contribution >= 4 is 23.0 Å². The lowest BCUT2D eigenvalue weighted by Gasteiger charge is -2.31. The summed E-state index contributed by atoms with van der Waals surface area (Å²) in [4.78, 5) is 23.3. The maximum atomic E-state index is 13.4. The number of benzene rings is 1. The van der Waals surface area contributed by atoms with Crippen molar-refractivity contribution in [2.45, 2.75) is 38.7 Å². The Balaban J connectivity index is 1.49. The summed E-state index contributed by atoms with van der Waals surface area (Å²) in [5.74, 6) is -3.17. The quantitative estimate of drug-likeness (QED) is 0.342. The average molecular weight is 479 g/mol.